The van der Waals surface area contributed by atoms with Gasteiger partial charge in [0.05, 0.1) is 0 Å². The molecular weight excluding hydrogens is 256 g/mol. The molecule has 17 heavy (non-hydrogen) atoms. The average molecular weight is 272 g/mol. The molecule has 1 atom stereocenters. The van der Waals surface area contributed by atoms with Crippen molar-refractivity contribution in [1.29, 1.82) is 0 Å². The van der Waals surface area contributed by atoms with E-state index in [2.05, 4.69) is 24.2 Å². The first kappa shape index (κ1) is 14.6. The highest BCUT2D eigenvalue weighted by Gasteiger charge is 2.40. The van der Waals surface area contributed by atoms with Crippen LogP contribution in [0, 0.1) is 5.92 Å². The Labute approximate surface area is 102 Å². The predicted molar refractivity (Wildman–Crippen MR) is 62.1 cm³/mol. The molecule has 0 amide bonds. The lowest BCUT2D eigenvalue weighted by atomic mass is 10.1. The second kappa shape index (κ2) is 5.93. The first-order valence-corrected chi connectivity index (χ1v) is 6.39. The fourth-order valence-electron chi connectivity index (χ4n) is 1.47. The van der Waals surface area contributed by atoms with Crippen molar-refractivity contribution < 1.29 is 17.6 Å². The monoisotopic (exact) mass is 272 g/mol. The van der Waals surface area contributed by atoms with Crippen LogP contribution in [0.2, 0.25) is 0 Å². The quantitative estimate of drug-likeness (QED) is 0.778. The molecule has 0 aromatic rings. The number of aliphatic imine (C=N–C) groups is 1. The summed E-state index contributed by atoms with van der Waals surface area (Å²) in [4.78, 5) is 3.51. The Morgan fingerprint density at radius 1 is 1.47 bits per heavy atom. The summed E-state index contributed by atoms with van der Waals surface area (Å²) in [5.74, 6) is -2.79. The summed E-state index contributed by atoms with van der Waals surface area (Å²) in [6, 6.07) is 0.193. The number of halogens is 4. The van der Waals surface area contributed by atoms with E-state index in [1.165, 1.54) is 11.8 Å². The van der Waals surface area contributed by atoms with Crippen LogP contribution >= 0.6 is 11.8 Å². The largest absolute Gasteiger partial charge is 0.361 e. The number of hydrogen-bond acceptors (Lipinski definition) is 2. The molecule has 1 aliphatic rings. The molecule has 1 fully saturated rings. The van der Waals surface area contributed by atoms with Crippen molar-refractivity contribution in [1.82, 2.24) is 5.32 Å². The van der Waals surface area contributed by atoms with Crippen LogP contribution in [0.1, 0.15) is 20.3 Å². The van der Waals surface area contributed by atoms with Crippen molar-refractivity contribution in [2.75, 3.05) is 12.3 Å². The van der Waals surface area contributed by atoms with Crippen molar-refractivity contribution in [2.45, 2.75) is 38.7 Å². The molecule has 0 aromatic carbocycles. The number of rotatable bonds is 5. The first-order valence-electron chi connectivity index (χ1n) is 5.41. The van der Waals surface area contributed by atoms with Gasteiger partial charge in [0, 0.05) is 11.8 Å². The van der Waals surface area contributed by atoms with Crippen molar-refractivity contribution in [3.05, 3.63) is 0 Å². The second-order valence-electron chi connectivity index (χ2n) is 4.46. The Balaban J connectivity index is 2.43. The zero-order valence-electron chi connectivity index (χ0n) is 9.72. The summed E-state index contributed by atoms with van der Waals surface area (Å²) in [6.45, 7) is 2.97. The molecule has 2 nitrogen and oxygen atoms in total. The Morgan fingerprint density at radius 3 is 2.65 bits per heavy atom. The Bertz CT molecular complexity index is 281. The lowest BCUT2D eigenvalue weighted by molar-refractivity contribution is -0.119. The molecule has 0 aliphatic carbocycles. The van der Waals surface area contributed by atoms with Gasteiger partial charge in [-0.25, -0.2) is 8.78 Å². The maximum absolute atomic E-state index is 12.6. The van der Waals surface area contributed by atoms with E-state index in [1.807, 2.05) is 0 Å². The standard InChI is InChI=1S/C10H16F4N2S/c1-6(2)3-7-4-17-9(16-7)15-5-10(13,14)8(11)12/h6-8H,3-5H2,1-2H3,(H,15,16). The molecule has 1 N–H and O–H groups in total. The van der Waals surface area contributed by atoms with Crippen molar-refractivity contribution in [2.24, 2.45) is 10.9 Å². The minimum absolute atomic E-state index is 0.193. The maximum atomic E-state index is 12.6. The smallest absolute Gasteiger partial charge is 0.326 e. The van der Waals surface area contributed by atoms with E-state index in [9.17, 15) is 17.6 Å². The van der Waals surface area contributed by atoms with E-state index in [0.29, 0.717) is 11.1 Å². The van der Waals surface area contributed by atoms with Crippen LogP contribution in [0.4, 0.5) is 17.6 Å². The summed E-state index contributed by atoms with van der Waals surface area (Å²) < 4.78 is 49.0. The van der Waals surface area contributed by atoms with Crippen molar-refractivity contribution >= 4 is 16.9 Å². The number of thioether (sulfide) groups is 1. The Hall–Kier alpha value is -0.460. The molecule has 1 saturated heterocycles. The van der Waals surface area contributed by atoms with E-state index >= 15 is 0 Å². The van der Waals surface area contributed by atoms with Gasteiger partial charge in [0.25, 0.3) is 0 Å². The van der Waals surface area contributed by atoms with Gasteiger partial charge in [-0.15, -0.1) is 0 Å². The minimum atomic E-state index is -4.04. The fourth-order valence-corrected chi connectivity index (χ4v) is 2.46. The van der Waals surface area contributed by atoms with Crippen LogP contribution in [0.3, 0.4) is 0 Å². The molecule has 1 rings (SSSR count). The van der Waals surface area contributed by atoms with Gasteiger partial charge in [-0.2, -0.15) is 8.78 Å². The van der Waals surface area contributed by atoms with Gasteiger partial charge in [0.2, 0.25) is 0 Å². The molecule has 1 aliphatic heterocycles. The van der Waals surface area contributed by atoms with Gasteiger partial charge in [-0.3, -0.25) is 4.99 Å². The Morgan fingerprint density at radius 2 is 2.12 bits per heavy atom. The predicted octanol–water partition coefficient (Wildman–Crippen LogP) is 2.99. The van der Waals surface area contributed by atoms with E-state index in [1.54, 1.807) is 0 Å². The molecule has 0 bridgehead atoms. The lowest BCUT2D eigenvalue weighted by Gasteiger charge is -2.13. The van der Waals surface area contributed by atoms with Gasteiger partial charge in [-0.05, 0) is 12.3 Å². The summed E-state index contributed by atoms with van der Waals surface area (Å²) in [6.07, 6.45) is -2.75. The van der Waals surface area contributed by atoms with Crippen LogP contribution < -0.4 is 5.32 Å². The molecule has 0 spiro atoms. The third-order valence-electron chi connectivity index (χ3n) is 2.26. The van der Waals surface area contributed by atoms with E-state index in [4.69, 9.17) is 0 Å². The highest BCUT2D eigenvalue weighted by Crippen LogP contribution is 2.24. The fraction of sp³-hybridized carbons (Fsp3) is 0.900. The number of nitrogens with zero attached hydrogens (tertiary/aromatic N) is 1. The van der Waals surface area contributed by atoms with E-state index < -0.39 is 18.9 Å². The number of amidine groups is 1. The summed E-state index contributed by atoms with van der Waals surface area (Å²) in [7, 11) is 0. The highest BCUT2D eigenvalue weighted by molar-refractivity contribution is 8.14. The zero-order valence-corrected chi connectivity index (χ0v) is 10.5. The van der Waals surface area contributed by atoms with Gasteiger partial charge < -0.3 is 5.32 Å². The molecular formula is C10H16F4N2S. The molecule has 7 heteroatoms. The molecule has 1 heterocycles. The normalized spacial score (nSPS) is 23.8. The maximum Gasteiger partial charge on any atom is 0.326 e. The topological polar surface area (TPSA) is 24.4 Å². The molecule has 100 valence electrons. The number of nitrogens with one attached hydrogen (secondary N) is 1. The first-order chi connectivity index (χ1) is 7.81. The highest BCUT2D eigenvalue weighted by atomic mass is 32.2. The van der Waals surface area contributed by atoms with Gasteiger partial charge in [0.1, 0.15) is 6.54 Å². The van der Waals surface area contributed by atoms with Crippen LogP contribution in [-0.2, 0) is 0 Å². The van der Waals surface area contributed by atoms with E-state index in [-0.39, 0.29) is 6.04 Å². The second-order valence-corrected chi connectivity index (χ2v) is 5.47. The molecule has 1 unspecified atom stereocenters. The molecule has 0 aromatic heterocycles. The summed E-state index contributed by atoms with van der Waals surface area (Å²) in [5.41, 5.74) is 0. The summed E-state index contributed by atoms with van der Waals surface area (Å²) >= 11 is 1.31. The average Bonchev–Trinajstić information content (AvgIpc) is 2.61. The molecule has 0 radical (unpaired) electrons. The third kappa shape index (κ3) is 4.73. The van der Waals surface area contributed by atoms with Crippen LogP contribution in [0.5, 0.6) is 0 Å². The van der Waals surface area contributed by atoms with Crippen molar-refractivity contribution in [3.63, 3.8) is 0 Å². The number of hydrogen-bond donors (Lipinski definition) is 1. The van der Waals surface area contributed by atoms with Crippen LogP contribution in [0.25, 0.3) is 0 Å². The van der Waals surface area contributed by atoms with Crippen LogP contribution in [-0.4, -0.2) is 35.9 Å². The summed E-state index contributed by atoms with van der Waals surface area (Å²) in [5, 5.41) is 3.31. The van der Waals surface area contributed by atoms with E-state index in [0.717, 1.165) is 12.2 Å². The zero-order chi connectivity index (χ0) is 13.1. The molecule has 0 saturated carbocycles. The van der Waals surface area contributed by atoms with Crippen molar-refractivity contribution in [3.8, 4) is 0 Å². The SMILES string of the molecule is CC(C)CC1CSC(=NCC(F)(F)C(F)F)N1. The van der Waals surface area contributed by atoms with Crippen LogP contribution in [0.15, 0.2) is 4.99 Å². The van der Waals surface area contributed by atoms with Gasteiger partial charge in [0.15, 0.2) is 5.17 Å². The third-order valence-corrected chi connectivity index (χ3v) is 3.35. The van der Waals surface area contributed by atoms with Gasteiger partial charge in [-0.1, -0.05) is 25.6 Å². The lowest BCUT2D eigenvalue weighted by Crippen LogP contribution is -2.32. The minimum Gasteiger partial charge on any atom is -0.361 e. The van der Waals surface area contributed by atoms with Gasteiger partial charge >= 0.3 is 12.3 Å². The number of alkyl halides is 4. The Kier molecular flexibility index (Phi) is 5.09.